The summed E-state index contributed by atoms with van der Waals surface area (Å²) in [5.41, 5.74) is 0. The van der Waals surface area contributed by atoms with Crippen LogP contribution in [0.25, 0.3) is 0 Å². The van der Waals surface area contributed by atoms with E-state index in [1.165, 1.54) is 6.92 Å². The molecule has 0 spiro atoms. The molecule has 1 unspecified atom stereocenters. The number of Topliss-reactive ketones (excluding diaryl/α,β-unsaturated/α-hetero) is 2. The van der Waals surface area contributed by atoms with Crippen molar-refractivity contribution in [3.63, 3.8) is 0 Å². The van der Waals surface area contributed by atoms with Crippen molar-refractivity contribution in [1.82, 2.24) is 0 Å². The Morgan fingerprint density at radius 3 is 2.80 bits per heavy atom. The summed E-state index contributed by atoms with van der Waals surface area (Å²) in [6.07, 6.45) is 0.487. The summed E-state index contributed by atoms with van der Waals surface area (Å²) >= 11 is 0. The smallest absolute Gasteiger partial charge is 0.173 e. The first-order chi connectivity index (χ1) is 4.72. The van der Waals surface area contributed by atoms with Crippen LogP contribution >= 0.6 is 0 Å². The number of carbonyl (C=O) groups is 2. The molecule has 0 aliphatic carbocycles. The van der Waals surface area contributed by atoms with Crippen molar-refractivity contribution in [2.75, 3.05) is 6.61 Å². The first-order valence-electron chi connectivity index (χ1n) is 3.36. The second kappa shape index (κ2) is 2.92. The van der Waals surface area contributed by atoms with E-state index in [-0.39, 0.29) is 11.6 Å². The molecule has 0 bridgehead atoms. The minimum atomic E-state index is -0.756. The van der Waals surface area contributed by atoms with Crippen LogP contribution in [0, 0.1) is 0 Å². The topological polar surface area (TPSA) is 43.4 Å². The molecule has 1 aliphatic heterocycles. The third-order valence-electron chi connectivity index (χ3n) is 1.51. The van der Waals surface area contributed by atoms with Crippen molar-refractivity contribution in [2.45, 2.75) is 25.9 Å². The molecule has 1 aliphatic rings. The van der Waals surface area contributed by atoms with Gasteiger partial charge in [-0.05, 0) is 13.3 Å². The maximum absolute atomic E-state index is 10.9. The first kappa shape index (κ1) is 7.41. The lowest BCUT2D eigenvalue weighted by atomic mass is 10.1. The molecule has 1 atom stereocenters. The van der Waals surface area contributed by atoms with Crippen LogP contribution in [-0.4, -0.2) is 24.3 Å². The van der Waals surface area contributed by atoms with Gasteiger partial charge in [0.05, 0.1) is 0 Å². The molecule has 0 N–H and O–H groups in total. The van der Waals surface area contributed by atoms with E-state index in [9.17, 15) is 9.59 Å². The molecule has 56 valence electrons. The van der Waals surface area contributed by atoms with E-state index >= 15 is 0 Å². The fourth-order valence-corrected chi connectivity index (χ4v) is 1.02. The molecular weight excluding hydrogens is 132 g/mol. The standard InChI is InChI=1S/C7H10O3/c1-5(8)7-6(9)3-2-4-10-7/h7H,2-4H2,1H3. The highest BCUT2D eigenvalue weighted by Crippen LogP contribution is 2.09. The monoisotopic (exact) mass is 142 g/mol. The van der Waals surface area contributed by atoms with Crippen molar-refractivity contribution in [2.24, 2.45) is 0 Å². The molecule has 0 amide bonds. The zero-order chi connectivity index (χ0) is 7.56. The Labute approximate surface area is 59.4 Å². The Bertz CT molecular complexity index is 162. The van der Waals surface area contributed by atoms with Crippen molar-refractivity contribution >= 4 is 11.6 Å². The van der Waals surface area contributed by atoms with Gasteiger partial charge in [0, 0.05) is 13.0 Å². The molecular formula is C7H10O3. The van der Waals surface area contributed by atoms with Crippen LogP contribution in [0.1, 0.15) is 19.8 Å². The number of rotatable bonds is 1. The van der Waals surface area contributed by atoms with Crippen LogP contribution in [0.5, 0.6) is 0 Å². The number of carbonyl (C=O) groups excluding carboxylic acids is 2. The van der Waals surface area contributed by atoms with Gasteiger partial charge in [0.25, 0.3) is 0 Å². The summed E-state index contributed by atoms with van der Waals surface area (Å²) < 4.78 is 4.95. The normalized spacial score (nSPS) is 26.5. The lowest BCUT2D eigenvalue weighted by molar-refractivity contribution is -0.145. The van der Waals surface area contributed by atoms with Crippen LogP contribution in [0.2, 0.25) is 0 Å². The van der Waals surface area contributed by atoms with Crippen LogP contribution in [0.4, 0.5) is 0 Å². The van der Waals surface area contributed by atoms with E-state index in [1.807, 2.05) is 0 Å². The molecule has 0 aromatic heterocycles. The Hall–Kier alpha value is -0.700. The second-order valence-corrected chi connectivity index (χ2v) is 2.43. The van der Waals surface area contributed by atoms with Gasteiger partial charge in [-0.1, -0.05) is 0 Å². The van der Waals surface area contributed by atoms with Crippen LogP contribution in [0.15, 0.2) is 0 Å². The number of hydrogen-bond acceptors (Lipinski definition) is 3. The average Bonchev–Trinajstić information content (AvgIpc) is 1.88. The van der Waals surface area contributed by atoms with Crippen molar-refractivity contribution in [1.29, 1.82) is 0 Å². The fraction of sp³-hybridized carbons (Fsp3) is 0.714. The van der Waals surface area contributed by atoms with Crippen molar-refractivity contribution in [3.8, 4) is 0 Å². The van der Waals surface area contributed by atoms with E-state index < -0.39 is 6.10 Å². The van der Waals surface area contributed by atoms with E-state index in [0.29, 0.717) is 13.0 Å². The molecule has 0 radical (unpaired) electrons. The Balaban J connectivity index is 2.56. The molecule has 0 aromatic carbocycles. The minimum Gasteiger partial charge on any atom is -0.363 e. The molecule has 3 nitrogen and oxygen atoms in total. The highest BCUT2D eigenvalue weighted by molar-refractivity contribution is 6.04. The lowest BCUT2D eigenvalue weighted by Gasteiger charge is -2.18. The molecule has 0 aromatic rings. The first-order valence-corrected chi connectivity index (χ1v) is 3.36. The summed E-state index contributed by atoms with van der Waals surface area (Å²) in [4.78, 5) is 21.6. The highest BCUT2D eigenvalue weighted by atomic mass is 16.5. The van der Waals surface area contributed by atoms with Gasteiger partial charge < -0.3 is 4.74 Å². The minimum absolute atomic E-state index is 0.0706. The summed E-state index contributed by atoms with van der Waals surface area (Å²) in [5.74, 6) is -0.247. The van der Waals surface area contributed by atoms with E-state index in [2.05, 4.69) is 0 Å². The van der Waals surface area contributed by atoms with Gasteiger partial charge >= 0.3 is 0 Å². The highest BCUT2D eigenvalue weighted by Gasteiger charge is 2.26. The SMILES string of the molecule is CC(=O)C1OCCCC1=O. The summed E-state index contributed by atoms with van der Waals surface area (Å²) in [7, 11) is 0. The maximum Gasteiger partial charge on any atom is 0.173 e. The lowest BCUT2D eigenvalue weighted by Crippen LogP contribution is -2.35. The second-order valence-electron chi connectivity index (χ2n) is 2.43. The van der Waals surface area contributed by atoms with Crippen molar-refractivity contribution < 1.29 is 14.3 Å². The van der Waals surface area contributed by atoms with Gasteiger partial charge in [0.1, 0.15) is 0 Å². The van der Waals surface area contributed by atoms with Gasteiger partial charge in [-0.25, -0.2) is 0 Å². The van der Waals surface area contributed by atoms with Crippen LogP contribution in [0.3, 0.4) is 0 Å². The van der Waals surface area contributed by atoms with Gasteiger partial charge in [0.15, 0.2) is 17.7 Å². The maximum atomic E-state index is 10.9. The molecule has 1 fully saturated rings. The van der Waals surface area contributed by atoms with E-state index in [1.54, 1.807) is 0 Å². The largest absolute Gasteiger partial charge is 0.363 e. The predicted octanol–water partition coefficient (Wildman–Crippen LogP) is 0.323. The molecule has 1 saturated heterocycles. The van der Waals surface area contributed by atoms with Gasteiger partial charge in [0.2, 0.25) is 0 Å². The number of hydrogen-bond donors (Lipinski definition) is 0. The fourth-order valence-electron chi connectivity index (χ4n) is 1.02. The molecule has 0 saturated carbocycles. The summed E-state index contributed by atoms with van der Waals surface area (Å²) in [5, 5.41) is 0. The number of ether oxygens (including phenoxy) is 1. The summed E-state index contributed by atoms with van der Waals surface area (Å²) in [6, 6.07) is 0. The Morgan fingerprint density at radius 1 is 1.70 bits per heavy atom. The molecule has 1 heterocycles. The van der Waals surface area contributed by atoms with Crippen LogP contribution < -0.4 is 0 Å². The van der Waals surface area contributed by atoms with Crippen molar-refractivity contribution in [3.05, 3.63) is 0 Å². The third kappa shape index (κ3) is 1.42. The summed E-state index contributed by atoms with van der Waals surface area (Å²) in [6.45, 7) is 1.92. The molecule has 10 heavy (non-hydrogen) atoms. The zero-order valence-electron chi connectivity index (χ0n) is 5.92. The third-order valence-corrected chi connectivity index (χ3v) is 1.51. The molecule has 3 heteroatoms. The van der Waals surface area contributed by atoms with E-state index in [0.717, 1.165) is 6.42 Å². The zero-order valence-corrected chi connectivity index (χ0v) is 5.92. The van der Waals surface area contributed by atoms with Gasteiger partial charge in [-0.2, -0.15) is 0 Å². The average molecular weight is 142 g/mol. The molecule has 1 rings (SSSR count). The Morgan fingerprint density at radius 2 is 2.40 bits per heavy atom. The van der Waals surface area contributed by atoms with Crippen LogP contribution in [-0.2, 0) is 14.3 Å². The van der Waals surface area contributed by atoms with Gasteiger partial charge in [-0.15, -0.1) is 0 Å². The van der Waals surface area contributed by atoms with E-state index in [4.69, 9.17) is 4.74 Å². The predicted molar refractivity (Wildman–Crippen MR) is 34.7 cm³/mol. The Kier molecular flexibility index (Phi) is 2.17. The van der Waals surface area contributed by atoms with Gasteiger partial charge in [-0.3, -0.25) is 9.59 Å². The quantitative estimate of drug-likeness (QED) is 0.495. The number of ketones is 2.